The molecule has 7 nitrogen and oxygen atoms in total. The average molecular weight is 493 g/mol. The van der Waals surface area contributed by atoms with Gasteiger partial charge in [-0.05, 0) is 54.2 Å². The minimum atomic E-state index is -3.72. The van der Waals surface area contributed by atoms with Crippen molar-refractivity contribution in [3.05, 3.63) is 72.1 Å². The second-order valence-electron chi connectivity index (χ2n) is 8.41. The molecule has 0 spiro atoms. The van der Waals surface area contributed by atoms with Gasteiger partial charge in [-0.15, -0.1) is 11.8 Å². The fourth-order valence-corrected chi connectivity index (χ4v) is 7.19. The summed E-state index contributed by atoms with van der Waals surface area (Å²) >= 11 is 1.63. The van der Waals surface area contributed by atoms with Crippen LogP contribution in [0.3, 0.4) is 0 Å². The van der Waals surface area contributed by atoms with Gasteiger partial charge in [-0.3, -0.25) is 9.29 Å². The predicted octanol–water partition coefficient (Wildman–Crippen LogP) is 4.32. The molecule has 1 saturated carbocycles. The third-order valence-electron chi connectivity index (χ3n) is 6.34. The van der Waals surface area contributed by atoms with E-state index in [-0.39, 0.29) is 6.04 Å². The number of pyridine rings is 1. The van der Waals surface area contributed by atoms with Gasteiger partial charge in [0.05, 0.1) is 30.6 Å². The van der Waals surface area contributed by atoms with E-state index in [1.54, 1.807) is 43.4 Å². The second-order valence-corrected chi connectivity index (χ2v) is 11.1. The van der Waals surface area contributed by atoms with Crippen molar-refractivity contribution >= 4 is 27.7 Å². The van der Waals surface area contributed by atoms with Crippen LogP contribution in [0.25, 0.3) is 11.1 Å². The quantitative estimate of drug-likeness (QED) is 0.551. The van der Waals surface area contributed by atoms with Crippen LogP contribution in [-0.2, 0) is 10.2 Å². The van der Waals surface area contributed by atoms with Crippen LogP contribution < -0.4 is 13.8 Å². The molecule has 0 amide bonds. The van der Waals surface area contributed by atoms with E-state index in [1.807, 2.05) is 36.4 Å². The zero-order valence-corrected chi connectivity index (χ0v) is 20.3. The molecule has 34 heavy (non-hydrogen) atoms. The molecule has 1 aliphatic carbocycles. The van der Waals surface area contributed by atoms with Crippen LogP contribution in [0.2, 0.25) is 0 Å². The lowest BCUT2D eigenvalue weighted by Crippen LogP contribution is -2.51. The molecular weight excluding hydrogens is 468 g/mol. The minimum absolute atomic E-state index is 0.0928. The van der Waals surface area contributed by atoms with Crippen LogP contribution in [0.4, 0.5) is 5.69 Å². The lowest BCUT2D eigenvalue weighted by Gasteiger charge is -2.38. The molecule has 5 rings (SSSR count). The molecule has 2 heterocycles. The zero-order chi connectivity index (χ0) is 23.7. The Morgan fingerprint density at radius 2 is 1.85 bits per heavy atom. The monoisotopic (exact) mass is 492 g/mol. The molecule has 1 N–H and O–H groups in total. The van der Waals surface area contributed by atoms with Crippen molar-refractivity contribution in [2.75, 3.05) is 23.7 Å². The number of aromatic nitrogens is 1. The van der Waals surface area contributed by atoms with Gasteiger partial charge in [-0.1, -0.05) is 24.3 Å². The smallest absolute Gasteiger partial charge is 0.301 e. The highest BCUT2D eigenvalue weighted by Crippen LogP contribution is 2.43. The van der Waals surface area contributed by atoms with Gasteiger partial charge in [0, 0.05) is 35.0 Å². The SMILES string of the molecule is COc1ccc(C2CC(NS(=O)(=O)N3CCSc4c(-c5ccc(C#N)cc5)cncc43)C2)cc1. The maximum absolute atomic E-state index is 13.3. The summed E-state index contributed by atoms with van der Waals surface area (Å²) in [5.41, 5.74) is 4.15. The lowest BCUT2D eigenvalue weighted by molar-refractivity contribution is 0.325. The van der Waals surface area contributed by atoms with Crippen molar-refractivity contribution in [2.24, 2.45) is 0 Å². The molecule has 0 saturated heterocycles. The molecule has 0 unspecified atom stereocenters. The molecule has 0 atom stereocenters. The van der Waals surface area contributed by atoms with Crippen LogP contribution in [-0.4, -0.2) is 38.9 Å². The molecule has 2 aromatic carbocycles. The van der Waals surface area contributed by atoms with Gasteiger partial charge < -0.3 is 4.74 Å². The Morgan fingerprint density at radius 1 is 1.12 bits per heavy atom. The Bertz CT molecular complexity index is 1330. The summed E-state index contributed by atoms with van der Waals surface area (Å²) < 4.78 is 36.2. The molecule has 0 bridgehead atoms. The van der Waals surface area contributed by atoms with Crippen molar-refractivity contribution in [1.29, 1.82) is 5.26 Å². The third-order valence-corrected chi connectivity index (χ3v) is 9.04. The Kier molecular flexibility index (Phi) is 6.21. The summed E-state index contributed by atoms with van der Waals surface area (Å²) in [6, 6.07) is 17.3. The fraction of sp³-hybridized carbons (Fsp3) is 0.280. The van der Waals surface area contributed by atoms with E-state index in [2.05, 4.69) is 15.8 Å². The van der Waals surface area contributed by atoms with E-state index in [0.717, 1.165) is 34.6 Å². The predicted molar refractivity (Wildman–Crippen MR) is 133 cm³/mol. The van der Waals surface area contributed by atoms with E-state index in [9.17, 15) is 8.42 Å². The van der Waals surface area contributed by atoms with Gasteiger partial charge in [-0.25, -0.2) is 0 Å². The highest BCUT2D eigenvalue weighted by molar-refractivity contribution is 8.00. The molecule has 9 heteroatoms. The summed E-state index contributed by atoms with van der Waals surface area (Å²) in [5, 5.41) is 9.06. The van der Waals surface area contributed by atoms with Crippen LogP contribution in [0.1, 0.15) is 29.9 Å². The zero-order valence-electron chi connectivity index (χ0n) is 18.6. The second kappa shape index (κ2) is 9.29. The molecule has 174 valence electrons. The van der Waals surface area contributed by atoms with Crippen molar-refractivity contribution in [1.82, 2.24) is 9.71 Å². The van der Waals surface area contributed by atoms with Gasteiger partial charge in [-0.2, -0.15) is 18.4 Å². The number of nitriles is 1. The summed E-state index contributed by atoms with van der Waals surface area (Å²) in [7, 11) is -2.07. The first-order valence-electron chi connectivity index (χ1n) is 11.0. The average Bonchev–Trinajstić information content (AvgIpc) is 2.85. The summed E-state index contributed by atoms with van der Waals surface area (Å²) in [4.78, 5) is 5.23. The Balaban J connectivity index is 1.32. The molecule has 2 aliphatic rings. The van der Waals surface area contributed by atoms with Gasteiger partial charge in [0.1, 0.15) is 5.75 Å². The topological polar surface area (TPSA) is 95.3 Å². The molecule has 3 aromatic rings. The van der Waals surface area contributed by atoms with E-state index in [4.69, 9.17) is 10.00 Å². The van der Waals surface area contributed by atoms with Gasteiger partial charge in [0.15, 0.2) is 0 Å². The number of thioether (sulfide) groups is 1. The number of anilines is 1. The van der Waals surface area contributed by atoms with Crippen LogP contribution in [0, 0.1) is 11.3 Å². The van der Waals surface area contributed by atoms with Crippen molar-refractivity contribution < 1.29 is 13.2 Å². The number of fused-ring (bicyclic) bond motifs is 1. The number of hydrogen-bond acceptors (Lipinski definition) is 6. The van der Waals surface area contributed by atoms with Crippen LogP contribution >= 0.6 is 11.8 Å². The van der Waals surface area contributed by atoms with Gasteiger partial charge in [0.2, 0.25) is 0 Å². The first kappa shape index (κ1) is 22.7. The lowest BCUT2D eigenvalue weighted by atomic mass is 9.76. The van der Waals surface area contributed by atoms with E-state index in [0.29, 0.717) is 29.5 Å². The molecule has 0 radical (unpaired) electrons. The van der Waals surface area contributed by atoms with E-state index < -0.39 is 10.2 Å². The summed E-state index contributed by atoms with van der Waals surface area (Å²) in [6.45, 7) is 0.389. The van der Waals surface area contributed by atoms with Crippen LogP contribution in [0.5, 0.6) is 5.75 Å². The van der Waals surface area contributed by atoms with E-state index in [1.165, 1.54) is 9.87 Å². The number of nitrogens with one attached hydrogen (secondary N) is 1. The highest BCUT2D eigenvalue weighted by Gasteiger charge is 2.37. The number of hydrogen-bond donors (Lipinski definition) is 1. The number of rotatable bonds is 6. The summed E-state index contributed by atoms with van der Waals surface area (Å²) in [5.74, 6) is 1.81. The normalized spacial score (nSPS) is 19.6. The number of benzene rings is 2. The fourth-order valence-electron chi connectivity index (χ4n) is 4.43. The molecule has 1 aromatic heterocycles. The first-order valence-corrected chi connectivity index (χ1v) is 13.5. The van der Waals surface area contributed by atoms with Crippen molar-refractivity contribution in [2.45, 2.75) is 29.7 Å². The van der Waals surface area contributed by atoms with Crippen molar-refractivity contribution in [3.8, 4) is 22.9 Å². The third kappa shape index (κ3) is 4.37. The number of nitrogens with zero attached hydrogens (tertiary/aromatic N) is 3. The number of methoxy groups -OCH3 is 1. The Labute approximate surface area is 204 Å². The summed E-state index contributed by atoms with van der Waals surface area (Å²) in [6.07, 6.45) is 4.91. The van der Waals surface area contributed by atoms with Crippen molar-refractivity contribution in [3.63, 3.8) is 0 Å². The molecule has 1 aliphatic heterocycles. The maximum Gasteiger partial charge on any atom is 0.301 e. The largest absolute Gasteiger partial charge is 0.497 e. The number of ether oxygens (including phenoxy) is 1. The van der Waals surface area contributed by atoms with E-state index >= 15 is 0 Å². The Morgan fingerprint density at radius 3 is 2.53 bits per heavy atom. The van der Waals surface area contributed by atoms with Crippen LogP contribution in [0.15, 0.2) is 65.8 Å². The highest BCUT2D eigenvalue weighted by atomic mass is 32.2. The first-order chi connectivity index (χ1) is 16.5. The molecule has 1 fully saturated rings. The minimum Gasteiger partial charge on any atom is -0.497 e. The molecular formula is C25H24N4O3S2. The standard InChI is InChI=1S/C25H24N4O3S2/c1-32-22-8-6-18(7-9-22)20-12-21(13-20)28-34(30,31)29-10-11-33-25-23(15-27-16-24(25)29)19-4-2-17(14-26)3-5-19/h2-9,15-16,20-21,28H,10-13H2,1H3. The maximum atomic E-state index is 13.3. The Hall–Kier alpha value is -3.06. The van der Waals surface area contributed by atoms with Gasteiger partial charge >= 0.3 is 10.2 Å². The van der Waals surface area contributed by atoms with Gasteiger partial charge in [0.25, 0.3) is 0 Å².